The first-order valence-corrected chi connectivity index (χ1v) is 10.4. The third-order valence-electron chi connectivity index (χ3n) is 6.46. The van der Waals surface area contributed by atoms with Crippen LogP contribution in [0, 0.1) is 0 Å². The van der Waals surface area contributed by atoms with Crippen LogP contribution in [0.4, 0.5) is 0 Å². The molecule has 2 N–H and O–H groups in total. The molecule has 2 fully saturated rings. The van der Waals surface area contributed by atoms with Crippen molar-refractivity contribution in [3.05, 3.63) is 23.8 Å². The summed E-state index contributed by atoms with van der Waals surface area (Å²) in [7, 11) is 5.43. The van der Waals surface area contributed by atoms with Crippen LogP contribution in [-0.4, -0.2) is 61.4 Å². The zero-order valence-electron chi connectivity index (χ0n) is 17.9. The van der Waals surface area contributed by atoms with Gasteiger partial charge in [0, 0.05) is 36.4 Å². The van der Waals surface area contributed by atoms with Gasteiger partial charge in [0.2, 0.25) is 5.91 Å². The maximum absolute atomic E-state index is 11.9. The van der Waals surface area contributed by atoms with Gasteiger partial charge < -0.3 is 19.5 Å². The van der Waals surface area contributed by atoms with Crippen LogP contribution >= 0.6 is 0 Å². The van der Waals surface area contributed by atoms with Crippen molar-refractivity contribution in [2.24, 2.45) is 5.10 Å². The molecule has 1 saturated heterocycles. The monoisotopic (exact) mass is 417 g/mol. The number of ether oxygens (including phenoxy) is 2. The maximum atomic E-state index is 11.9. The molecule has 2 aliphatic rings. The highest BCUT2D eigenvalue weighted by Crippen LogP contribution is 2.49. The average Bonchev–Trinajstić information content (AvgIpc) is 3.08. The normalized spacial score (nSPS) is 25.0. The summed E-state index contributed by atoms with van der Waals surface area (Å²) in [4.78, 5) is 24.9. The minimum absolute atomic E-state index is 0.00922. The van der Waals surface area contributed by atoms with Crippen molar-refractivity contribution in [3.63, 3.8) is 0 Å². The highest BCUT2D eigenvalue weighted by Gasteiger charge is 2.49. The van der Waals surface area contributed by atoms with Crippen molar-refractivity contribution in [2.75, 3.05) is 27.8 Å². The summed E-state index contributed by atoms with van der Waals surface area (Å²) in [6.45, 7) is 1.01. The van der Waals surface area contributed by atoms with E-state index in [4.69, 9.17) is 14.6 Å². The molecule has 164 valence electrons. The van der Waals surface area contributed by atoms with E-state index in [-0.39, 0.29) is 24.2 Å². The van der Waals surface area contributed by atoms with Gasteiger partial charge in [0.25, 0.3) is 0 Å². The molecule has 1 aromatic carbocycles. The van der Waals surface area contributed by atoms with E-state index in [1.165, 1.54) is 5.56 Å². The Balaban J connectivity index is 1.71. The molecule has 3 rings (SSSR count). The molecule has 0 bridgehead atoms. The van der Waals surface area contributed by atoms with E-state index in [1.807, 2.05) is 6.07 Å². The fourth-order valence-corrected chi connectivity index (χ4v) is 4.78. The summed E-state index contributed by atoms with van der Waals surface area (Å²) in [6.07, 6.45) is 4.10. The number of carbonyl (C=O) groups excluding carboxylic acids is 1. The first-order valence-electron chi connectivity index (χ1n) is 10.4. The molecule has 1 aromatic rings. The summed E-state index contributed by atoms with van der Waals surface area (Å²) < 4.78 is 10.9. The number of fused-ring (bicyclic) bond motifs is 1. The van der Waals surface area contributed by atoms with Gasteiger partial charge in [-0.1, -0.05) is 6.07 Å². The zero-order valence-corrected chi connectivity index (χ0v) is 17.9. The number of hydrogen-bond donors (Lipinski definition) is 2. The molecule has 2 atom stereocenters. The Morgan fingerprint density at radius 3 is 2.70 bits per heavy atom. The second kappa shape index (κ2) is 9.47. The molecule has 30 heavy (non-hydrogen) atoms. The Kier molecular flexibility index (Phi) is 6.97. The number of methoxy groups -OCH3 is 2. The van der Waals surface area contributed by atoms with E-state index in [1.54, 1.807) is 14.2 Å². The Bertz CT molecular complexity index is 825. The SMILES string of the molecule is COc1ccc([C@@]23CCC(=NNC(=O)CCCC(=O)O)C[C@@H]2N(C)CC3)cc1OC. The molecule has 8 nitrogen and oxygen atoms in total. The number of amides is 1. The van der Waals surface area contributed by atoms with Crippen LogP contribution in [0.5, 0.6) is 11.5 Å². The van der Waals surface area contributed by atoms with Crippen LogP contribution in [-0.2, 0) is 15.0 Å². The number of benzene rings is 1. The Morgan fingerprint density at radius 2 is 2.00 bits per heavy atom. The molecule has 1 aliphatic carbocycles. The second-order valence-electron chi connectivity index (χ2n) is 8.14. The Hall–Kier alpha value is -2.61. The summed E-state index contributed by atoms with van der Waals surface area (Å²) in [5, 5.41) is 13.0. The lowest BCUT2D eigenvalue weighted by molar-refractivity contribution is -0.137. The van der Waals surface area contributed by atoms with Crippen LogP contribution in [0.25, 0.3) is 0 Å². The molecular weight excluding hydrogens is 386 g/mol. The van der Waals surface area contributed by atoms with E-state index in [0.717, 1.165) is 49.4 Å². The molecule has 1 heterocycles. The summed E-state index contributed by atoms with van der Waals surface area (Å²) in [5.74, 6) is 0.340. The number of likely N-dealkylation sites (N-methyl/N-ethyl adjacent to an activating group) is 1. The van der Waals surface area contributed by atoms with E-state index in [2.05, 4.69) is 34.6 Å². The molecule has 0 aromatic heterocycles. The van der Waals surface area contributed by atoms with Gasteiger partial charge in [0.1, 0.15) is 0 Å². The van der Waals surface area contributed by atoms with E-state index >= 15 is 0 Å². The van der Waals surface area contributed by atoms with Gasteiger partial charge in [-0.3, -0.25) is 9.59 Å². The van der Waals surface area contributed by atoms with Gasteiger partial charge in [-0.2, -0.15) is 5.10 Å². The molecule has 0 radical (unpaired) electrons. The highest BCUT2D eigenvalue weighted by atomic mass is 16.5. The molecule has 8 heteroatoms. The minimum Gasteiger partial charge on any atom is -0.493 e. The van der Waals surface area contributed by atoms with Gasteiger partial charge >= 0.3 is 5.97 Å². The molecule has 0 unspecified atom stereocenters. The molecular formula is C22H31N3O5. The van der Waals surface area contributed by atoms with Crippen molar-refractivity contribution >= 4 is 17.6 Å². The Labute approximate surface area is 177 Å². The maximum Gasteiger partial charge on any atom is 0.303 e. The van der Waals surface area contributed by atoms with Crippen LogP contribution in [0.1, 0.15) is 50.5 Å². The van der Waals surface area contributed by atoms with Gasteiger partial charge in [0.05, 0.1) is 14.2 Å². The molecule has 1 aliphatic heterocycles. The molecule has 1 saturated carbocycles. The summed E-state index contributed by atoms with van der Waals surface area (Å²) in [6, 6.07) is 6.50. The number of carboxylic acid groups (broad SMARTS) is 1. The van der Waals surface area contributed by atoms with E-state index in [0.29, 0.717) is 12.5 Å². The number of carbonyl (C=O) groups is 2. The average molecular weight is 418 g/mol. The second-order valence-corrected chi connectivity index (χ2v) is 8.14. The number of carboxylic acids is 1. The van der Waals surface area contributed by atoms with Crippen LogP contribution < -0.4 is 14.9 Å². The lowest BCUT2D eigenvalue weighted by Gasteiger charge is -2.42. The number of aliphatic carboxylic acids is 1. The van der Waals surface area contributed by atoms with Crippen molar-refractivity contribution < 1.29 is 24.2 Å². The predicted octanol–water partition coefficient (Wildman–Crippen LogP) is 2.56. The first kappa shape index (κ1) is 22.1. The largest absolute Gasteiger partial charge is 0.493 e. The number of hydrazone groups is 1. The number of nitrogens with zero attached hydrogens (tertiary/aromatic N) is 2. The van der Waals surface area contributed by atoms with Crippen LogP contribution in [0.3, 0.4) is 0 Å². The van der Waals surface area contributed by atoms with Crippen molar-refractivity contribution in [1.29, 1.82) is 0 Å². The van der Waals surface area contributed by atoms with E-state index < -0.39 is 5.97 Å². The van der Waals surface area contributed by atoms with Gasteiger partial charge in [-0.15, -0.1) is 0 Å². The van der Waals surface area contributed by atoms with Crippen LogP contribution in [0.2, 0.25) is 0 Å². The highest BCUT2D eigenvalue weighted by molar-refractivity contribution is 5.88. The summed E-state index contributed by atoms with van der Waals surface area (Å²) in [5.41, 5.74) is 4.87. The van der Waals surface area contributed by atoms with Gasteiger partial charge in [0.15, 0.2) is 11.5 Å². The smallest absolute Gasteiger partial charge is 0.303 e. The zero-order chi connectivity index (χ0) is 21.7. The number of rotatable bonds is 8. The lowest BCUT2D eigenvalue weighted by atomic mass is 9.65. The topological polar surface area (TPSA) is 100 Å². The van der Waals surface area contributed by atoms with E-state index in [9.17, 15) is 9.59 Å². The van der Waals surface area contributed by atoms with Crippen molar-refractivity contribution in [2.45, 2.75) is 56.4 Å². The third kappa shape index (κ3) is 4.59. The summed E-state index contributed by atoms with van der Waals surface area (Å²) >= 11 is 0. The molecule has 1 amide bonds. The number of hydrogen-bond acceptors (Lipinski definition) is 6. The fourth-order valence-electron chi connectivity index (χ4n) is 4.78. The standard InChI is InChI=1S/C22H31N3O5/c1-25-12-11-22(15-7-8-17(29-2)18(13-15)30-3)10-9-16(14-19(22)25)23-24-20(26)5-4-6-21(27)28/h7-8,13,19H,4-6,9-12,14H2,1-3H3,(H,24,26)(H,27,28)/t19-,22-/m0/s1. The quantitative estimate of drug-likeness (QED) is 0.631. The lowest BCUT2D eigenvalue weighted by Crippen LogP contribution is -2.46. The van der Waals surface area contributed by atoms with Crippen LogP contribution in [0.15, 0.2) is 23.3 Å². The van der Waals surface area contributed by atoms with Gasteiger partial charge in [-0.25, -0.2) is 5.43 Å². The third-order valence-corrected chi connectivity index (χ3v) is 6.46. The number of likely N-dealkylation sites (tertiary alicyclic amines) is 1. The van der Waals surface area contributed by atoms with Crippen molar-refractivity contribution in [3.8, 4) is 11.5 Å². The predicted molar refractivity (Wildman–Crippen MR) is 113 cm³/mol. The fraction of sp³-hybridized carbons (Fsp3) is 0.591. The number of nitrogens with one attached hydrogen (secondary N) is 1. The first-order chi connectivity index (χ1) is 14.4. The van der Waals surface area contributed by atoms with Gasteiger partial charge in [-0.05, 0) is 57.0 Å². The Morgan fingerprint density at radius 1 is 1.23 bits per heavy atom. The van der Waals surface area contributed by atoms with Crippen molar-refractivity contribution in [1.82, 2.24) is 10.3 Å². The molecule has 0 spiro atoms. The minimum atomic E-state index is -0.892.